The minimum atomic E-state index is -1.17. The van der Waals surface area contributed by atoms with E-state index in [0.29, 0.717) is 12.8 Å². The van der Waals surface area contributed by atoms with E-state index < -0.39 is 7.92 Å². The summed E-state index contributed by atoms with van der Waals surface area (Å²) in [4.78, 5) is 14.4. The smallest absolute Gasteiger partial charge is 0.134 e. The van der Waals surface area contributed by atoms with E-state index in [-0.39, 0.29) is 17.1 Å². The highest BCUT2D eigenvalue weighted by Crippen LogP contribution is 2.68. The number of hydrogen-bond donors (Lipinski definition) is 0. The van der Waals surface area contributed by atoms with E-state index in [1.807, 2.05) is 0 Å². The van der Waals surface area contributed by atoms with Crippen LogP contribution >= 0.6 is 7.92 Å². The van der Waals surface area contributed by atoms with Crippen LogP contribution in [0.5, 0.6) is 11.5 Å². The second-order valence-corrected chi connectivity index (χ2v) is 18.3. The van der Waals surface area contributed by atoms with E-state index in [0.717, 1.165) is 66.4 Å². The molecular formula is C57H45O3P. The number of fused-ring (bicyclic) bond motifs is 2. The zero-order valence-corrected chi connectivity index (χ0v) is 35.2. The molecule has 2 unspecified atom stereocenters. The molecule has 1 fully saturated rings. The monoisotopic (exact) mass is 808 g/mol. The molecule has 61 heavy (non-hydrogen) atoms. The van der Waals surface area contributed by atoms with Crippen molar-refractivity contribution in [2.45, 2.75) is 24.2 Å². The van der Waals surface area contributed by atoms with Crippen LogP contribution in [0.15, 0.2) is 200 Å². The third-order valence-electron chi connectivity index (χ3n) is 12.4. The van der Waals surface area contributed by atoms with Crippen molar-refractivity contribution in [2.75, 3.05) is 14.2 Å². The van der Waals surface area contributed by atoms with Gasteiger partial charge in [0.15, 0.2) is 0 Å². The molecule has 0 amide bonds. The number of ether oxygens (including phenoxy) is 2. The Hall–Kier alpha value is -6.80. The minimum absolute atomic E-state index is 0.0679. The molecule has 0 aromatic heterocycles. The molecule has 0 bridgehead atoms. The lowest BCUT2D eigenvalue weighted by atomic mass is 9.92. The maximum absolute atomic E-state index is 14.4. The van der Waals surface area contributed by atoms with Gasteiger partial charge in [-0.2, -0.15) is 0 Å². The fraction of sp³-hybridized carbons (Fsp3) is 0.105. The molecule has 1 aliphatic heterocycles. The van der Waals surface area contributed by atoms with Crippen LogP contribution in [-0.2, 0) is 4.79 Å². The number of Topliss-reactive ketones (excluding diaryl/α,β-unsaturated/α-hetero) is 1. The molecule has 9 aromatic rings. The van der Waals surface area contributed by atoms with E-state index in [4.69, 9.17) is 9.47 Å². The first-order valence-electron chi connectivity index (χ1n) is 21.0. The van der Waals surface area contributed by atoms with Crippen LogP contribution in [-0.4, -0.2) is 20.0 Å². The summed E-state index contributed by atoms with van der Waals surface area (Å²) >= 11 is 0. The van der Waals surface area contributed by atoms with E-state index >= 15 is 0 Å². The number of carbonyl (C=O) groups excluding carboxylic acids is 1. The summed E-state index contributed by atoms with van der Waals surface area (Å²) in [6.07, 6.45) is 0.921. The fourth-order valence-electron chi connectivity index (χ4n) is 9.48. The van der Waals surface area contributed by atoms with Crippen molar-refractivity contribution in [1.82, 2.24) is 0 Å². The molecule has 1 heterocycles. The highest BCUT2D eigenvalue weighted by Gasteiger charge is 2.42. The number of hydrogen-bond acceptors (Lipinski definition) is 3. The van der Waals surface area contributed by atoms with Crippen LogP contribution in [0.4, 0.5) is 0 Å². The predicted molar refractivity (Wildman–Crippen MR) is 255 cm³/mol. The van der Waals surface area contributed by atoms with Gasteiger partial charge in [0.2, 0.25) is 0 Å². The summed E-state index contributed by atoms with van der Waals surface area (Å²) in [6.45, 7) is 0. The summed E-state index contributed by atoms with van der Waals surface area (Å²) in [7, 11) is 2.37. The molecule has 0 N–H and O–H groups in total. The van der Waals surface area contributed by atoms with E-state index in [2.05, 4.69) is 200 Å². The molecule has 0 aliphatic carbocycles. The summed E-state index contributed by atoms with van der Waals surface area (Å²) in [6, 6.07) is 71.5. The highest BCUT2D eigenvalue weighted by molar-refractivity contribution is 7.67. The third-order valence-corrected chi connectivity index (χ3v) is 15.7. The van der Waals surface area contributed by atoms with Crippen LogP contribution in [0.2, 0.25) is 0 Å². The summed E-state index contributed by atoms with van der Waals surface area (Å²) < 4.78 is 12.6. The van der Waals surface area contributed by atoms with Gasteiger partial charge < -0.3 is 9.47 Å². The predicted octanol–water partition coefficient (Wildman–Crippen LogP) is 14.6. The Morgan fingerprint density at radius 2 is 0.803 bits per heavy atom. The van der Waals surface area contributed by atoms with Gasteiger partial charge >= 0.3 is 0 Å². The maximum atomic E-state index is 14.4. The van der Waals surface area contributed by atoms with Crippen LogP contribution in [0.3, 0.4) is 0 Å². The minimum Gasteiger partial charge on any atom is -0.496 e. The van der Waals surface area contributed by atoms with Gasteiger partial charge in [0, 0.05) is 35.3 Å². The standard InChI is InChI=1S/C57H45O3P/c1-59-51-34-32-42-18-9-11-20-47(42)55(51)49-22-13-23-50(56-48-21-12-10-19-43(48)33-35-52(56)60-2)57(49)61-53(44-28-24-40(25-29-44)38-14-5-3-6-15-38)36-46(58)37-54(61)45-30-26-41(27-31-45)39-16-7-4-8-17-39/h3-35,53-54H,36-37H2,1-2H3. The molecule has 296 valence electrons. The van der Waals surface area contributed by atoms with Gasteiger partial charge in [0.05, 0.1) is 14.2 Å². The molecule has 1 aliphatic rings. The number of ketones is 1. The Balaban J connectivity index is 1.28. The van der Waals surface area contributed by atoms with Crippen molar-refractivity contribution in [3.05, 3.63) is 211 Å². The van der Waals surface area contributed by atoms with Crippen LogP contribution < -0.4 is 14.8 Å². The second-order valence-electron chi connectivity index (χ2n) is 15.8. The van der Waals surface area contributed by atoms with E-state index in [1.54, 1.807) is 14.2 Å². The maximum Gasteiger partial charge on any atom is 0.134 e. The van der Waals surface area contributed by atoms with Crippen molar-refractivity contribution >= 4 is 40.6 Å². The Morgan fingerprint density at radius 3 is 1.23 bits per heavy atom. The van der Waals surface area contributed by atoms with Gasteiger partial charge in [-0.1, -0.05) is 196 Å². The number of rotatable bonds is 9. The molecule has 0 spiro atoms. The lowest BCUT2D eigenvalue weighted by molar-refractivity contribution is -0.119. The average molecular weight is 809 g/mol. The lowest BCUT2D eigenvalue weighted by Gasteiger charge is -2.41. The first kappa shape index (κ1) is 38.4. The average Bonchev–Trinajstić information content (AvgIpc) is 3.33. The van der Waals surface area contributed by atoms with Crippen molar-refractivity contribution in [3.8, 4) is 56.0 Å². The molecule has 0 radical (unpaired) electrons. The first-order valence-corrected chi connectivity index (χ1v) is 22.4. The van der Waals surface area contributed by atoms with Gasteiger partial charge in [-0.3, -0.25) is 4.79 Å². The van der Waals surface area contributed by atoms with Crippen molar-refractivity contribution in [1.29, 1.82) is 0 Å². The van der Waals surface area contributed by atoms with Crippen molar-refractivity contribution in [2.24, 2.45) is 0 Å². The molecule has 1 saturated heterocycles. The fourth-order valence-corrected chi connectivity index (χ4v) is 13.3. The van der Waals surface area contributed by atoms with Gasteiger partial charge in [-0.25, -0.2) is 0 Å². The molecule has 10 rings (SSSR count). The first-order chi connectivity index (χ1) is 30.1. The van der Waals surface area contributed by atoms with Crippen LogP contribution in [0.1, 0.15) is 35.3 Å². The van der Waals surface area contributed by atoms with Gasteiger partial charge in [-0.05, 0) is 83.5 Å². The largest absolute Gasteiger partial charge is 0.496 e. The number of carbonyl (C=O) groups is 1. The SMILES string of the molecule is COc1ccc2ccccc2c1-c1cccc(-c2c(OC)ccc3ccccc23)c1P1C(c2ccc(-c3ccccc3)cc2)CC(=O)CC1c1ccc(-c2ccccc2)cc1. The van der Waals surface area contributed by atoms with Crippen LogP contribution in [0.25, 0.3) is 66.1 Å². The third kappa shape index (κ3) is 7.20. The molecule has 9 aromatic carbocycles. The molecule has 2 atom stereocenters. The zero-order chi connectivity index (χ0) is 41.3. The van der Waals surface area contributed by atoms with E-state index in [9.17, 15) is 4.79 Å². The van der Waals surface area contributed by atoms with Crippen LogP contribution in [0, 0.1) is 0 Å². The Bertz CT molecular complexity index is 2810. The lowest BCUT2D eigenvalue weighted by Crippen LogP contribution is -2.26. The quantitative estimate of drug-likeness (QED) is 0.136. The normalized spacial score (nSPS) is 16.4. The summed E-state index contributed by atoms with van der Waals surface area (Å²) in [5, 5.41) is 5.79. The Kier molecular flexibility index (Phi) is 10.5. The molecule has 3 nitrogen and oxygen atoms in total. The highest BCUT2D eigenvalue weighted by atomic mass is 31.1. The molecular weight excluding hydrogens is 764 g/mol. The van der Waals surface area contributed by atoms with Crippen molar-refractivity contribution < 1.29 is 14.3 Å². The topological polar surface area (TPSA) is 35.5 Å². The zero-order valence-electron chi connectivity index (χ0n) is 34.3. The summed E-state index contributed by atoms with van der Waals surface area (Å²) in [5.74, 6) is 1.92. The van der Waals surface area contributed by atoms with Gasteiger partial charge in [-0.15, -0.1) is 0 Å². The summed E-state index contributed by atoms with van der Waals surface area (Å²) in [5.41, 5.74) is 11.3. The van der Waals surface area contributed by atoms with E-state index in [1.165, 1.54) is 27.6 Å². The number of methoxy groups -OCH3 is 2. The Labute approximate surface area is 359 Å². The van der Waals surface area contributed by atoms with Gasteiger partial charge in [0.25, 0.3) is 0 Å². The van der Waals surface area contributed by atoms with Gasteiger partial charge in [0.1, 0.15) is 17.3 Å². The number of benzene rings is 9. The molecule has 4 heteroatoms. The molecule has 0 saturated carbocycles. The Morgan fingerprint density at radius 1 is 0.410 bits per heavy atom. The van der Waals surface area contributed by atoms with Crippen molar-refractivity contribution in [3.63, 3.8) is 0 Å². The second kappa shape index (κ2) is 16.7.